The predicted molar refractivity (Wildman–Crippen MR) is 76.0 cm³/mol. The second kappa shape index (κ2) is 6.00. The molecule has 6 heteroatoms. The van der Waals surface area contributed by atoms with Crippen LogP contribution in [0.25, 0.3) is 0 Å². The summed E-state index contributed by atoms with van der Waals surface area (Å²) in [7, 11) is -3.22. The fourth-order valence-electron chi connectivity index (χ4n) is 3.01. The maximum absolute atomic E-state index is 12.4. The molecule has 0 aromatic carbocycles. The number of likely N-dealkylation sites (tertiary alicyclic amines) is 1. The molecule has 0 bridgehead atoms. The quantitative estimate of drug-likeness (QED) is 0.731. The van der Waals surface area contributed by atoms with Crippen LogP contribution in [-0.2, 0) is 14.6 Å². The van der Waals surface area contributed by atoms with Crippen LogP contribution in [0.4, 0.5) is 0 Å². The van der Waals surface area contributed by atoms with Crippen LogP contribution in [0.5, 0.6) is 0 Å². The molecule has 0 radical (unpaired) electrons. The Kier molecular flexibility index (Phi) is 4.77. The maximum atomic E-state index is 12.4. The zero-order chi connectivity index (χ0) is 14.0. The van der Waals surface area contributed by atoms with Crippen LogP contribution >= 0.6 is 11.6 Å². The van der Waals surface area contributed by atoms with Crippen LogP contribution in [0, 0.1) is 5.92 Å². The fourth-order valence-corrected chi connectivity index (χ4v) is 5.14. The summed E-state index contributed by atoms with van der Waals surface area (Å²) in [6.45, 7) is 3.27. The van der Waals surface area contributed by atoms with Crippen molar-refractivity contribution < 1.29 is 13.2 Å². The molecule has 2 saturated heterocycles. The highest BCUT2D eigenvalue weighted by Gasteiger charge is 2.38. The van der Waals surface area contributed by atoms with Crippen molar-refractivity contribution in [2.45, 2.75) is 49.7 Å². The highest BCUT2D eigenvalue weighted by Crippen LogP contribution is 2.27. The summed E-state index contributed by atoms with van der Waals surface area (Å²) < 4.78 is 23.9. The lowest BCUT2D eigenvalue weighted by atomic mass is 9.93. The molecule has 0 N–H and O–H groups in total. The van der Waals surface area contributed by atoms with E-state index in [9.17, 15) is 13.2 Å². The average molecular weight is 308 g/mol. The molecular weight excluding hydrogens is 286 g/mol. The second-order valence-corrected chi connectivity index (χ2v) is 8.68. The average Bonchev–Trinajstić information content (AvgIpc) is 2.37. The van der Waals surface area contributed by atoms with Crippen LogP contribution in [0.3, 0.4) is 0 Å². The van der Waals surface area contributed by atoms with Crippen molar-refractivity contribution in [3.63, 3.8) is 0 Å². The minimum atomic E-state index is -3.22. The molecule has 0 aromatic rings. The number of alkyl halides is 1. The monoisotopic (exact) mass is 307 g/mol. The first-order chi connectivity index (χ1) is 8.92. The first kappa shape index (κ1) is 15.1. The minimum absolute atomic E-state index is 0.121. The summed E-state index contributed by atoms with van der Waals surface area (Å²) in [5.74, 6) is 0.424. The lowest BCUT2D eigenvalue weighted by Crippen LogP contribution is -2.48. The molecule has 4 nitrogen and oxygen atoms in total. The number of carbonyl (C=O) groups excluding carboxylic acids is 1. The summed E-state index contributed by atoms with van der Waals surface area (Å²) in [4.78, 5) is 14.1. The Hall–Kier alpha value is -0.290. The van der Waals surface area contributed by atoms with Crippen molar-refractivity contribution in [3.8, 4) is 0 Å². The summed E-state index contributed by atoms with van der Waals surface area (Å²) in [5, 5.41) is -0.665. The Morgan fingerprint density at radius 1 is 1.21 bits per heavy atom. The van der Waals surface area contributed by atoms with Crippen molar-refractivity contribution in [3.05, 3.63) is 0 Å². The predicted octanol–water partition coefficient (Wildman–Crippen LogP) is 1.82. The Morgan fingerprint density at radius 3 is 2.37 bits per heavy atom. The fraction of sp³-hybridized carbons (Fsp3) is 0.923. The van der Waals surface area contributed by atoms with Crippen molar-refractivity contribution >= 4 is 27.3 Å². The summed E-state index contributed by atoms with van der Waals surface area (Å²) >= 11 is 6.08. The lowest BCUT2D eigenvalue weighted by molar-refractivity contribution is -0.132. The summed E-state index contributed by atoms with van der Waals surface area (Å²) in [6, 6.07) is 0. The summed E-state index contributed by atoms with van der Waals surface area (Å²) in [5.41, 5.74) is 0. The Labute approximate surface area is 120 Å². The smallest absolute Gasteiger partial charge is 0.240 e. The van der Waals surface area contributed by atoms with Crippen molar-refractivity contribution in [1.82, 2.24) is 4.90 Å². The summed E-state index contributed by atoms with van der Waals surface area (Å²) in [6.07, 6.45) is 3.78. The lowest BCUT2D eigenvalue weighted by Gasteiger charge is -2.35. The number of piperidine rings is 1. The van der Waals surface area contributed by atoms with E-state index in [1.807, 2.05) is 6.92 Å². The number of sulfone groups is 1. The first-order valence-electron chi connectivity index (χ1n) is 7.06. The van der Waals surface area contributed by atoms with Gasteiger partial charge in [-0.3, -0.25) is 4.79 Å². The number of nitrogens with zero attached hydrogens (tertiary/aromatic N) is 1. The molecule has 2 aliphatic rings. The third-order valence-electron chi connectivity index (χ3n) is 4.35. The van der Waals surface area contributed by atoms with Gasteiger partial charge in [-0.05, 0) is 38.5 Å². The second-order valence-electron chi connectivity index (χ2n) is 5.69. The number of halogens is 1. The molecular formula is C13H22ClNO3S. The highest BCUT2D eigenvalue weighted by molar-refractivity contribution is 7.92. The Balaban J connectivity index is 1.97. The van der Waals surface area contributed by atoms with E-state index in [2.05, 4.69) is 0 Å². The van der Waals surface area contributed by atoms with Gasteiger partial charge >= 0.3 is 0 Å². The van der Waals surface area contributed by atoms with E-state index in [-0.39, 0.29) is 17.0 Å². The van der Waals surface area contributed by atoms with Crippen LogP contribution < -0.4 is 0 Å². The van der Waals surface area contributed by atoms with Gasteiger partial charge in [-0.1, -0.05) is 6.42 Å². The van der Waals surface area contributed by atoms with Crippen LogP contribution in [0.1, 0.15) is 39.0 Å². The van der Waals surface area contributed by atoms with Gasteiger partial charge < -0.3 is 4.90 Å². The van der Waals surface area contributed by atoms with Crippen LogP contribution in [0.15, 0.2) is 0 Å². The topological polar surface area (TPSA) is 54.5 Å². The maximum Gasteiger partial charge on any atom is 0.240 e. The largest absolute Gasteiger partial charge is 0.342 e. The molecule has 2 aliphatic heterocycles. The Bertz CT molecular complexity index is 427. The van der Waals surface area contributed by atoms with Gasteiger partial charge in [0.1, 0.15) is 5.25 Å². The molecule has 0 saturated carbocycles. The van der Waals surface area contributed by atoms with E-state index in [1.165, 1.54) is 0 Å². The molecule has 0 spiro atoms. The zero-order valence-electron chi connectivity index (χ0n) is 11.3. The molecule has 110 valence electrons. The molecule has 2 unspecified atom stereocenters. The zero-order valence-corrected chi connectivity index (χ0v) is 12.9. The van der Waals surface area contributed by atoms with E-state index in [0.29, 0.717) is 31.8 Å². The van der Waals surface area contributed by atoms with E-state index in [0.717, 1.165) is 19.3 Å². The molecule has 1 amide bonds. The number of hydrogen-bond acceptors (Lipinski definition) is 3. The van der Waals surface area contributed by atoms with Gasteiger partial charge in [-0.15, -0.1) is 11.6 Å². The number of hydrogen-bond donors (Lipinski definition) is 0. The number of carbonyl (C=O) groups is 1. The molecule has 19 heavy (non-hydrogen) atoms. The van der Waals surface area contributed by atoms with E-state index in [4.69, 9.17) is 11.6 Å². The third kappa shape index (κ3) is 3.43. The van der Waals surface area contributed by atoms with Gasteiger partial charge in [-0.2, -0.15) is 0 Å². The normalized spacial score (nSPS) is 30.0. The standard InChI is InChI=1S/C13H22ClNO3S/c1-10(14)11-5-7-15(8-6-11)13(16)12-4-2-3-9-19(12,17)18/h10-12H,2-9H2,1H3. The molecule has 0 aromatic heterocycles. The van der Waals surface area contributed by atoms with Crippen molar-refractivity contribution in [1.29, 1.82) is 0 Å². The van der Waals surface area contributed by atoms with E-state index >= 15 is 0 Å². The van der Waals surface area contributed by atoms with Gasteiger partial charge in [0.25, 0.3) is 0 Å². The van der Waals surface area contributed by atoms with Crippen LogP contribution in [-0.4, -0.2) is 48.7 Å². The molecule has 2 fully saturated rings. The van der Waals surface area contributed by atoms with E-state index in [1.54, 1.807) is 4.90 Å². The van der Waals surface area contributed by atoms with Gasteiger partial charge in [0, 0.05) is 18.5 Å². The molecule has 2 rings (SSSR count). The van der Waals surface area contributed by atoms with Crippen molar-refractivity contribution in [2.75, 3.05) is 18.8 Å². The molecule has 0 aliphatic carbocycles. The van der Waals surface area contributed by atoms with Gasteiger partial charge in [0.2, 0.25) is 5.91 Å². The molecule has 2 heterocycles. The Morgan fingerprint density at radius 2 is 1.84 bits per heavy atom. The van der Waals surface area contributed by atoms with Gasteiger partial charge in [0.15, 0.2) is 9.84 Å². The van der Waals surface area contributed by atoms with Crippen LogP contribution in [0.2, 0.25) is 0 Å². The highest BCUT2D eigenvalue weighted by atomic mass is 35.5. The van der Waals surface area contributed by atoms with Gasteiger partial charge in [-0.25, -0.2) is 8.42 Å². The SMILES string of the molecule is CC(Cl)C1CCN(C(=O)C2CCCCS2(=O)=O)CC1. The third-order valence-corrected chi connectivity index (χ3v) is 6.87. The van der Waals surface area contributed by atoms with Gasteiger partial charge in [0.05, 0.1) is 5.75 Å². The first-order valence-corrected chi connectivity index (χ1v) is 9.21. The number of rotatable bonds is 2. The number of amides is 1. The van der Waals surface area contributed by atoms with Crippen molar-refractivity contribution in [2.24, 2.45) is 5.92 Å². The molecule has 2 atom stereocenters. The van der Waals surface area contributed by atoms with E-state index < -0.39 is 15.1 Å². The minimum Gasteiger partial charge on any atom is -0.342 e.